The van der Waals surface area contributed by atoms with Crippen molar-refractivity contribution >= 4 is 35.3 Å². The molecule has 166 valence electrons. The van der Waals surface area contributed by atoms with E-state index in [-0.39, 0.29) is 10.9 Å². The fourth-order valence-corrected chi connectivity index (χ4v) is 5.70. The van der Waals surface area contributed by atoms with Crippen molar-refractivity contribution < 1.29 is 17.9 Å². The first-order valence-electron chi connectivity index (χ1n) is 9.80. The van der Waals surface area contributed by atoms with E-state index >= 15 is 0 Å². The second kappa shape index (κ2) is 11.2. The lowest BCUT2D eigenvalue weighted by molar-refractivity contribution is -0.138. The first-order chi connectivity index (χ1) is 14.2. The smallest absolute Gasteiger partial charge is 0.372 e. The third kappa shape index (κ3) is 6.58. The van der Waals surface area contributed by atoms with E-state index in [1.807, 2.05) is 25.6 Å². The molecule has 3 rings (SSSR count). The maximum atomic E-state index is 13.0. The molecule has 0 spiro atoms. The zero-order valence-electron chi connectivity index (χ0n) is 17.9. The number of rotatable bonds is 5. The first-order valence-corrected chi connectivity index (χ1v) is 13.1. The maximum Gasteiger partial charge on any atom is 0.417 e. The van der Waals surface area contributed by atoms with Crippen LogP contribution in [0.5, 0.6) is 0 Å². The number of halogens is 3. The third-order valence-corrected chi connectivity index (χ3v) is 7.55. The molecule has 1 aromatic carbocycles. The van der Waals surface area contributed by atoms with Gasteiger partial charge in [0.2, 0.25) is 0 Å². The summed E-state index contributed by atoms with van der Waals surface area (Å²) in [6, 6.07) is 9.59. The van der Waals surface area contributed by atoms with E-state index in [1.54, 1.807) is 18.0 Å². The Balaban J connectivity index is 0.00000155. The van der Waals surface area contributed by atoms with Gasteiger partial charge >= 0.3 is 6.18 Å². The Hall–Kier alpha value is -0.830. The summed E-state index contributed by atoms with van der Waals surface area (Å²) in [4.78, 5) is 7.10. The van der Waals surface area contributed by atoms with E-state index in [2.05, 4.69) is 42.4 Å². The minimum absolute atomic E-state index is 0.0694. The van der Waals surface area contributed by atoms with Gasteiger partial charge in [0.05, 0.1) is 11.3 Å². The van der Waals surface area contributed by atoms with Gasteiger partial charge < -0.3 is 4.74 Å². The molecule has 2 atom stereocenters. The van der Waals surface area contributed by atoms with Crippen molar-refractivity contribution in [3.8, 4) is 0 Å². The number of nitrogens with zero attached hydrogens (tertiary/aromatic N) is 1. The van der Waals surface area contributed by atoms with Gasteiger partial charge in [0.15, 0.2) is 0 Å². The van der Waals surface area contributed by atoms with Gasteiger partial charge in [-0.2, -0.15) is 13.2 Å². The molecule has 1 saturated heterocycles. The van der Waals surface area contributed by atoms with Crippen LogP contribution in [0.3, 0.4) is 0 Å². The number of alkyl halides is 3. The molecular weight excluding hydrogens is 447 g/mol. The second-order valence-corrected chi connectivity index (χ2v) is 10.2. The minimum Gasteiger partial charge on any atom is -0.372 e. The molecule has 0 saturated carbocycles. The van der Waals surface area contributed by atoms with Crippen molar-refractivity contribution in [2.75, 3.05) is 19.1 Å². The highest BCUT2D eigenvalue weighted by Gasteiger charge is 2.37. The van der Waals surface area contributed by atoms with E-state index in [0.717, 1.165) is 12.6 Å². The topological polar surface area (TPSA) is 22.1 Å². The molecule has 2 aromatic rings. The molecule has 0 radical (unpaired) electrons. The third-order valence-electron chi connectivity index (χ3n) is 4.71. The normalized spacial score (nSPS) is 21.7. The van der Waals surface area contributed by atoms with Gasteiger partial charge in [0, 0.05) is 32.2 Å². The quantitative estimate of drug-likeness (QED) is 0.408. The van der Waals surface area contributed by atoms with Crippen LogP contribution in [0.1, 0.15) is 51.0 Å². The van der Waals surface area contributed by atoms with Crippen LogP contribution in [0.4, 0.5) is 13.2 Å². The van der Waals surface area contributed by atoms with Crippen LogP contribution in [0.15, 0.2) is 51.2 Å². The zero-order chi connectivity index (χ0) is 22.4. The van der Waals surface area contributed by atoms with Gasteiger partial charge in [-0.1, -0.05) is 19.9 Å². The van der Waals surface area contributed by atoms with E-state index in [4.69, 9.17) is 4.74 Å². The number of hydrogen-bond donors (Lipinski definition) is 0. The monoisotopic (exact) mass is 475 g/mol. The number of pyridine rings is 1. The molecule has 2 nitrogen and oxygen atoms in total. The largest absolute Gasteiger partial charge is 0.417 e. The summed E-state index contributed by atoms with van der Waals surface area (Å²) < 4.78 is 44.9. The highest BCUT2D eigenvalue weighted by atomic mass is 32.2. The van der Waals surface area contributed by atoms with Crippen LogP contribution in [0, 0.1) is 0 Å². The van der Waals surface area contributed by atoms with Crippen LogP contribution in [-0.2, 0) is 10.9 Å². The van der Waals surface area contributed by atoms with E-state index < -0.39 is 11.7 Å². The second-order valence-electron chi connectivity index (χ2n) is 6.85. The predicted molar refractivity (Wildman–Crippen MR) is 123 cm³/mol. The summed E-state index contributed by atoms with van der Waals surface area (Å²) in [5, 5.41) is 0. The molecule has 2 unspecified atom stereocenters. The Bertz CT molecular complexity index is 832. The Morgan fingerprint density at radius 1 is 1.10 bits per heavy atom. The van der Waals surface area contributed by atoms with Crippen molar-refractivity contribution in [1.82, 2.24) is 4.98 Å². The molecule has 1 aromatic heterocycles. The number of aromatic nitrogens is 1. The Labute approximate surface area is 190 Å². The minimum atomic E-state index is -4.39. The van der Waals surface area contributed by atoms with Crippen molar-refractivity contribution in [3.05, 3.63) is 47.8 Å². The first kappa shape index (κ1) is 25.4. The lowest BCUT2D eigenvalue weighted by Crippen LogP contribution is -2.32. The SMILES string of the molecule is CC.CSc1cccc(SC2(C)CCOC(c3ncc(C(F)(F)F)cc3SC)C2)c1. The molecule has 1 fully saturated rings. The standard InChI is InChI=1S/C20H22F3NOS3.C2H6/c1-19(28-15-6-4-5-14(10-15)26-2)7-8-25-16(11-19)18-17(27-3)9-13(12-24-18)20(21,22)23;1-2/h4-6,9-10,12,16H,7-8,11H2,1-3H3;1-2H3. The summed E-state index contributed by atoms with van der Waals surface area (Å²) in [6.07, 6.45) is 1.62. The Morgan fingerprint density at radius 2 is 1.80 bits per heavy atom. The van der Waals surface area contributed by atoms with Gasteiger partial charge in [-0.05, 0) is 56.5 Å². The summed E-state index contributed by atoms with van der Waals surface area (Å²) in [5.41, 5.74) is -0.118. The molecular formula is C22H28F3NOS3. The Morgan fingerprint density at radius 3 is 2.43 bits per heavy atom. The van der Waals surface area contributed by atoms with E-state index in [9.17, 15) is 13.2 Å². The molecule has 1 aliphatic rings. The van der Waals surface area contributed by atoms with Crippen molar-refractivity contribution in [3.63, 3.8) is 0 Å². The highest BCUT2D eigenvalue weighted by Crippen LogP contribution is 2.47. The van der Waals surface area contributed by atoms with Gasteiger partial charge in [-0.3, -0.25) is 4.98 Å². The van der Waals surface area contributed by atoms with Crippen molar-refractivity contribution in [1.29, 1.82) is 0 Å². The summed E-state index contributed by atoms with van der Waals surface area (Å²) in [6.45, 7) is 6.76. The van der Waals surface area contributed by atoms with Crippen LogP contribution in [0.25, 0.3) is 0 Å². The molecule has 2 heterocycles. The van der Waals surface area contributed by atoms with E-state index in [1.165, 1.54) is 27.6 Å². The highest BCUT2D eigenvalue weighted by molar-refractivity contribution is 8.01. The van der Waals surface area contributed by atoms with Gasteiger partial charge in [-0.15, -0.1) is 35.3 Å². The van der Waals surface area contributed by atoms with Crippen LogP contribution in [-0.4, -0.2) is 28.8 Å². The molecule has 30 heavy (non-hydrogen) atoms. The molecule has 8 heteroatoms. The molecule has 0 aliphatic carbocycles. The average Bonchev–Trinajstić information content (AvgIpc) is 2.74. The van der Waals surface area contributed by atoms with Crippen molar-refractivity contribution in [2.45, 2.75) is 65.3 Å². The molecule has 0 bridgehead atoms. The number of ether oxygens (including phenoxy) is 1. The van der Waals surface area contributed by atoms with Crippen LogP contribution >= 0.6 is 35.3 Å². The Kier molecular flexibility index (Phi) is 9.46. The maximum absolute atomic E-state index is 13.0. The fourth-order valence-electron chi connectivity index (χ4n) is 3.20. The lowest BCUT2D eigenvalue weighted by atomic mass is 9.94. The summed E-state index contributed by atoms with van der Waals surface area (Å²) in [5.74, 6) is 0. The molecule has 1 aliphatic heterocycles. The predicted octanol–water partition coefficient (Wildman–Crippen LogP) is 7.97. The fraction of sp³-hybridized carbons (Fsp3) is 0.500. The van der Waals surface area contributed by atoms with Gasteiger partial charge in [0.1, 0.15) is 6.10 Å². The summed E-state index contributed by atoms with van der Waals surface area (Å²) in [7, 11) is 0. The van der Waals surface area contributed by atoms with E-state index in [0.29, 0.717) is 23.6 Å². The zero-order valence-corrected chi connectivity index (χ0v) is 20.3. The van der Waals surface area contributed by atoms with Gasteiger partial charge in [-0.25, -0.2) is 0 Å². The molecule has 0 N–H and O–H groups in total. The van der Waals surface area contributed by atoms with Crippen LogP contribution < -0.4 is 0 Å². The van der Waals surface area contributed by atoms with Crippen LogP contribution in [0.2, 0.25) is 0 Å². The number of hydrogen-bond acceptors (Lipinski definition) is 5. The van der Waals surface area contributed by atoms with Gasteiger partial charge in [0.25, 0.3) is 0 Å². The average molecular weight is 476 g/mol. The lowest BCUT2D eigenvalue weighted by Gasteiger charge is -2.38. The number of thioether (sulfide) groups is 3. The molecule has 0 amide bonds. The summed E-state index contributed by atoms with van der Waals surface area (Å²) >= 11 is 4.79. The van der Waals surface area contributed by atoms with Crippen molar-refractivity contribution in [2.24, 2.45) is 0 Å². The number of benzene rings is 1.